The molecule has 3 fully saturated rings. The second kappa shape index (κ2) is 3.64. The Morgan fingerprint density at radius 2 is 2.00 bits per heavy atom. The van der Waals surface area contributed by atoms with Gasteiger partial charge in [0.15, 0.2) is 0 Å². The third kappa shape index (κ3) is 1.57. The fraction of sp³-hybridized carbons (Fsp3) is 0.867. The summed E-state index contributed by atoms with van der Waals surface area (Å²) in [5.41, 5.74) is 1.86. The van der Waals surface area contributed by atoms with Gasteiger partial charge in [0.2, 0.25) is 0 Å². The Morgan fingerprint density at radius 3 is 2.80 bits per heavy atom. The highest BCUT2D eigenvalue weighted by Crippen LogP contribution is 2.60. The van der Waals surface area contributed by atoms with E-state index >= 15 is 0 Å². The molecule has 84 valence electrons. The molecule has 3 rings (SSSR count). The van der Waals surface area contributed by atoms with Crippen molar-refractivity contribution in [3.05, 3.63) is 11.6 Å². The van der Waals surface area contributed by atoms with E-state index in [1.165, 1.54) is 19.3 Å². The predicted octanol–water partition coefficient (Wildman–Crippen LogP) is 4.42. The number of hydrogen-bond acceptors (Lipinski definition) is 0. The molecule has 0 spiro atoms. The first-order valence-electron chi connectivity index (χ1n) is 6.94. The van der Waals surface area contributed by atoms with E-state index in [0.717, 1.165) is 29.6 Å². The first-order valence-corrected chi connectivity index (χ1v) is 6.94. The van der Waals surface area contributed by atoms with E-state index in [2.05, 4.69) is 19.9 Å². The maximum Gasteiger partial charge on any atom is -0.0144 e. The molecular formula is C15H24. The highest BCUT2D eigenvalue weighted by molar-refractivity contribution is 5.20. The van der Waals surface area contributed by atoms with Crippen molar-refractivity contribution >= 4 is 0 Å². The van der Waals surface area contributed by atoms with E-state index in [1.807, 2.05) is 5.57 Å². The molecule has 0 saturated heterocycles. The molecule has 15 heavy (non-hydrogen) atoms. The molecule has 0 aromatic carbocycles. The van der Waals surface area contributed by atoms with Gasteiger partial charge in [-0.1, -0.05) is 25.5 Å². The Morgan fingerprint density at radius 1 is 1.20 bits per heavy atom. The van der Waals surface area contributed by atoms with Crippen molar-refractivity contribution in [1.29, 1.82) is 0 Å². The lowest BCUT2D eigenvalue weighted by atomic mass is 9.80. The second-order valence-corrected chi connectivity index (χ2v) is 6.47. The van der Waals surface area contributed by atoms with Crippen LogP contribution < -0.4 is 0 Å². The minimum atomic E-state index is 0.843. The molecule has 3 saturated carbocycles. The molecule has 2 bridgehead atoms. The summed E-state index contributed by atoms with van der Waals surface area (Å²) in [6.45, 7) is 4.68. The van der Waals surface area contributed by atoms with Crippen LogP contribution in [0.3, 0.4) is 0 Å². The zero-order chi connectivity index (χ0) is 10.4. The van der Waals surface area contributed by atoms with E-state index in [1.54, 1.807) is 19.3 Å². The van der Waals surface area contributed by atoms with Crippen LogP contribution in [-0.4, -0.2) is 0 Å². The fourth-order valence-electron chi connectivity index (χ4n) is 4.53. The Kier molecular flexibility index (Phi) is 2.41. The first-order chi connectivity index (χ1) is 7.25. The van der Waals surface area contributed by atoms with Crippen LogP contribution in [0.15, 0.2) is 11.6 Å². The summed E-state index contributed by atoms with van der Waals surface area (Å²) >= 11 is 0. The summed E-state index contributed by atoms with van der Waals surface area (Å²) in [7, 11) is 0. The third-order valence-electron chi connectivity index (χ3n) is 5.13. The van der Waals surface area contributed by atoms with Crippen LogP contribution in [0.1, 0.15) is 52.4 Å². The fourth-order valence-corrected chi connectivity index (χ4v) is 4.53. The van der Waals surface area contributed by atoms with Gasteiger partial charge in [0.1, 0.15) is 0 Å². The molecule has 0 radical (unpaired) electrons. The largest absolute Gasteiger partial charge is 0.0848 e. The van der Waals surface area contributed by atoms with Crippen molar-refractivity contribution < 1.29 is 0 Å². The molecule has 4 unspecified atom stereocenters. The molecule has 0 heteroatoms. The van der Waals surface area contributed by atoms with Crippen LogP contribution in [0.25, 0.3) is 0 Å². The minimum absolute atomic E-state index is 0.843. The lowest BCUT2D eigenvalue weighted by Crippen LogP contribution is -2.17. The normalized spacial score (nSPS) is 45.7. The summed E-state index contributed by atoms with van der Waals surface area (Å²) in [4.78, 5) is 0. The van der Waals surface area contributed by atoms with E-state index in [-0.39, 0.29) is 0 Å². The lowest BCUT2D eigenvalue weighted by Gasteiger charge is -2.25. The van der Waals surface area contributed by atoms with E-state index in [9.17, 15) is 0 Å². The van der Waals surface area contributed by atoms with Crippen LogP contribution in [0.2, 0.25) is 0 Å². The topological polar surface area (TPSA) is 0 Å². The van der Waals surface area contributed by atoms with Crippen molar-refractivity contribution in [3.8, 4) is 0 Å². The van der Waals surface area contributed by atoms with Gasteiger partial charge in [-0.05, 0) is 68.1 Å². The van der Waals surface area contributed by atoms with Crippen molar-refractivity contribution in [2.75, 3.05) is 0 Å². The highest BCUT2D eigenvalue weighted by Gasteiger charge is 2.50. The maximum absolute atomic E-state index is 2.61. The van der Waals surface area contributed by atoms with Crippen molar-refractivity contribution in [3.63, 3.8) is 0 Å². The summed E-state index contributed by atoms with van der Waals surface area (Å²) in [5, 5.41) is 0. The minimum Gasteiger partial charge on any atom is -0.0848 e. The van der Waals surface area contributed by atoms with E-state index in [0.29, 0.717) is 0 Å². The molecule has 0 N–H and O–H groups in total. The van der Waals surface area contributed by atoms with Gasteiger partial charge in [-0.2, -0.15) is 0 Å². The molecule has 0 amide bonds. The molecule has 0 heterocycles. The van der Waals surface area contributed by atoms with E-state index in [4.69, 9.17) is 0 Å². The summed E-state index contributed by atoms with van der Waals surface area (Å²) in [6, 6.07) is 0. The smallest absolute Gasteiger partial charge is 0.0144 e. The summed E-state index contributed by atoms with van der Waals surface area (Å²) in [5.74, 6) is 5.23. The molecule has 0 aromatic rings. The Hall–Kier alpha value is -0.260. The molecule has 4 atom stereocenters. The van der Waals surface area contributed by atoms with Gasteiger partial charge in [0.05, 0.1) is 0 Å². The zero-order valence-corrected chi connectivity index (χ0v) is 10.2. The molecule has 3 aliphatic carbocycles. The van der Waals surface area contributed by atoms with Crippen LogP contribution in [-0.2, 0) is 0 Å². The molecule has 0 aromatic heterocycles. The molecular weight excluding hydrogens is 180 g/mol. The highest BCUT2D eigenvalue weighted by atomic mass is 14.6. The monoisotopic (exact) mass is 204 g/mol. The van der Waals surface area contributed by atoms with Crippen molar-refractivity contribution in [1.82, 2.24) is 0 Å². The van der Waals surface area contributed by atoms with E-state index < -0.39 is 0 Å². The Balaban J connectivity index is 1.75. The second-order valence-electron chi connectivity index (χ2n) is 6.47. The number of allylic oxidation sites excluding steroid dienone is 2. The van der Waals surface area contributed by atoms with Crippen LogP contribution in [0.5, 0.6) is 0 Å². The van der Waals surface area contributed by atoms with Crippen molar-refractivity contribution in [2.45, 2.75) is 52.4 Å². The predicted molar refractivity (Wildman–Crippen MR) is 64.6 cm³/mol. The number of rotatable bonds is 2. The van der Waals surface area contributed by atoms with Crippen LogP contribution in [0.4, 0.5) is 0 Å². The third-order valence-corrected chi connectivity index (χ3v) is 5.13. The Bertz CT molecular complexity index is 274. The van der Waals surface area contributed by atoms with Gasteiger partial charge in [0.25, 0.3) is 0 Å². The lowest BCUT2D eigenvalue weighted by molar-refractivity contribution is 0.283. The molecule has 3 aliphatic rings. The van der Waals surface area contributed by atoms with Gasteiger partial charge in [0, 0.05) is 0 Å². The quantitative estimate of drug-likeness (QED) is 0.584. The average molecular weight is 204 g/mol. The standard InChI is InChI=1S/C15H24/c1-10(2)3-4-11-7-8-14-12-5-6-13(9-12)15(11)14/h4,10,12-15H,3,5-9H2,1-2H3/b11-4+. The summed E-state index contributed by atoms with van der Waals surface area (Å²) in [6.07, 6.45) is 11.6. The molecule has 0 aliphatic heterocycles. The van der Waals surface area contributed by atoms with Gasteiger partial charge in [-0.25, -0.2) is 0 Å². The van der Waals surface area contributed by atoms with Gasteiger partial charge in [-0.15, -0.1) is 0 Å². The summed E-state index contributed by atoms with van der Waals surface area (Å²) < 4.78 is 0. The van der Waals surface area contributed by atoms with Gasteiger partial charge < -0.3 is 0 Å². The first kappa shape index (κ1) is 9.93. The van der Waals surface area contributed by atoms with Crippen LogP contribution in [0, 0.1) is 29.6 Å². The van der Waals surface area contributed by atoms with Gasteiger partial charge in [-0.3, -0.25) is 0 Å². The number of fused-ring (bicyclic) bond motifs is 5. The zero-order valence-electron chi connectivity index (χ0n) is 10.2. The van der Waals surface area contributed by atoms with Crippen molar-refractivity contribution in [2.24, 2.45) is 29.6 Å². The van der Waals surface area contributed by atoms with Crippen LogP contribution >= 0.6 is 0 Å². The maximum atomic E-state index is 2.61. The SMILES string of the molecule is CC(C)C/C=C1\CCC2C3CCC(C3)C12. The van der Waals surface area contributed by atoms with Gasteiger partial charge >= 0.3 is 0 Å². The molecule has 0 nitrogen and oxygen atoms in total. The average Bonchev–Trinajstić information content (AvgIpc) is 2.87. The number of hydrogen-bond donors (Lipinski definition) is 0. The Labute approximate surface area is 94.1 Å².